The van der Waals surface area contributed by atoms with Crippen LogP contribution in [0, 0.1) is 5.92 Å². The molecule has 3 N–H and O–H groups in total. The first-order chi connectivity index (χ1) is 11.3. The van der Waals surface area contributed by atoms with Crippen LogP contribution >= 0.6 is 27.5 Å². The van der Waals surface area contributed by atoms with E-state index in [-0.39, 0.29) is 5.92 Å². The normalized spacial score (nSPS) is 19.1. The Labute approximate surface area is 160 Å². The molecule has 1 fully saturated rings. The lowest BCUT2D eigenvalue weighted by atomic mass is 9.75. The van der Waals surface area contributed by atoms with Crippen LogP contribution in [-0.4, -0.2) is 29.2 Å². The van der Waals surface area contributed by atoms with E-state index in [4.69, 9.17) is 21.5 Å². The Balaban J connectivity index is 2.45. The summed E-state index contributed by atoms with van der Waals surface area (Å²) >= 11 is 9.82. The third kappa shape index (κ3) is 4.73. The number of hydrogen-bond acceptors (Lipinski definition) is 3. The zero-order valence-electron chi connectivity index (χ0n) is 14.4. The number of nitrogens with one attached hydrogen (secondary N) is 1. The molecule has 0 bridgehead atoms. The van der Waals surface area contributed by atoms with Crippen LogP contribution in [0.4, 0.5) is 0 Å². The van der Waals surface area contributed by atoms with Crippen molar-refractivity contribution in [1.82, 2.24) is 5.32 Å². The smallest absolute Gasteiger partial charge is 0.123 e. The summed E-state index contributed by atoms with van der Waals surface area (Å²) in [6.45, 7) is 5.92. The molecule has 1 aliphatic heterocycles. The minimum atomic E-state index is -1.39. The maximum Gasteiger partial charge on any atom is 0.123 e. The Hall–Kier alpha value is -0.140. The second-order valence-corrected chi connectivity index (χ2v) is 9.92. The average molecular weight is 438 g/mol. The molecule has 24 heavy (non-hydrogen) atoms. The summed E-state index contributed by atoms with van der Waals surface area (Å²) in [5.74, 6) is 1.50. The molecule has 1 aliphatic rings. The van der Waals surface area contributed by atoms with Crippen molar-refractivity contribution in [3.05, 3.63) is 27.2 Å². The monoisotopic (exact) mass is 436 g/mol. The van der Waals surface area contributed by atoms with Crippen LogP contribution in [0.5, 0.6) is 5.75 Å². The fourth-order valence-electron chi connectivity index (χ4n) is 3.40. The fraction of sp³-hybridized carbons (Fsp3) is 0.647. The highest BCUT2D eigenvalue weighted by Gasteiger charge is 2.35. The maximum absolute atomic E-state index is 12.0. The molecule has 7 heteroatoms. The summed E-state index contributed by atoms with van der Waals surface area (Å²) in [5, 5.41) is 9.82. The molecular formula is C17H26BrClN2O2S. The first-order valence-corrected chi connectivity index (χ1v) is 10.5. The standard InChI is InChI=1S/C17H26BrClN2O2S/c1-17(2,24(20)22)10-13(11-4-6-21-7-5-11)12-8-15(19)14(18)9-16(12)23-3/h8-9,11,13,21H,4-7,10,20H2,1-3H3/t13-,24?/m1/s1. The molecule has 1 aromatic rings. The Bertz CT molecular complexity index is 606. The molecule has 0 amide bonds. The first-order valence-electron chi connectivity index (χ1n) is 8.16. The lowest BCUT2D eigenvalue weighted by molar-refractivity contribution is 0.286. The van der Waals surface area contributed by atoms with Gasteiger partial charge < -0.3 is 10.1 Å². The van der Waals surface area contributed by atoms with E-state index in [9.17, 15) is 4.21 Å². The van der Waals surface area contributed by atoms with Crippen LogP contribution < -0.4 is 15.2 Å². The van der Waals surface area contributed by atoms with Gasteiger partial charge >= 0.3 is 0 Å². The number of ether oxygens (including phenoxy) is 1. The van der Waals surface area contributed by atoms with Gasteiger partial charge in [-0.05, 0) is 91.7 Å². The van der Waals surface area contributed by atoms with E-state index in [1.165, 1.54) is 0 Å². The molecule has 1 aromatic carbocycles. The molecule has 136 valence electrons. The summed E-state index contributed by atoms with van der Waals surface area (Å²) in [5.41, 5.74) is 1.08. The molecule has 1 heterocycles. The third-order valence-electron chi connectivity index (χ3n) is 4.88. The van der Waals surface area contributed by atoms with Gasteiger partial charge in [0.25, 0.3) is 0 Å². The maximum atomic E-state index is 12.0. The molecule has 4 nitrogen and oxygen atoms in total. The number of rotatable bonds is 6. The van der Waals surface area contributed by atoms with E-state index in [0.29, 0.717) is 10.9 Å². The Kier molecular flexibility index (Phi) is 7.14. The van der Waals surface area contributed by atoms with Gasteiger partial charge in [-0.2, -0.15) is 0 Å². The van der Waals surface area contributed by atoms with Gasteiger partial charge in [-0.15, -0.1) is 0 Å². The number of methoxy groups -OCH3 is 1. The van der Waals surface area contributed by atoms with Gasteiger partial charge in [0.2, 0.25) is 0 Å². The van der Waals surface area contributed by atoms with Gasteiger partial charge in [0.05, 0.1) is 27.9 Å². The molecule has 0 spiro atoms. The molecule has 2 atom stereocenters. The number of hydrogen-bond donors (Lipinski definition) is 2. The molecule has 0 saturated carbocycles. The molecule has 0 aromatic heterocycles. The second kappa shape index (κ2) is 8.49. The summed E-state index contributed by atoms with van der Waals surface area (Å²) in [6.07, 6.45) is 2.89. The predicted octanol–water partition coefficient (Wildman–Crippen LogP) is 3.99. The molecule has 1 unspecified atom stereocenters. The van der Waals surface area contributed by atoms with Crippen LogP contribution in [0.3, 0.4) is 0 Å². The van der Waals surface area contributed by atoms with E-state index in [0.717, 1.165) is 48.1 Å². The Morgan fingerprint density at radius 1 is 1.46 bits per heavy atom. The molecular weight excluding hydrogens is 412 g/mol. The highest BCUT2D eigenvalue weighted by atomic mass is 79.9. The number of benzene rings is 1. The van der Waals surface area contributed by atoms with Gasteiger partial charge in [-0.1, -0.05) is 11.6 Å². The SMILES string of the molecule is COc1cc(Br)c(Cl)cc1[C@H](CC(C)(C)S(N)=O)C1CCNCC1. The third-order valence-corrected chi connectivity index (χ3v) is 7.33. The average Bonchev–Trinajstić information content (AvgIpc) is 2.55. The van der Waals surface area contributed by atoms with Gasteiger partial charge in [-0.25, -0.2) is 4.21 Å². The van der Waals surface area contributed by atoms with Crippen molar-refractivity contribution in [3.63, 3.8) is 0 Å². The van der Waals surface area contributed by atoms with Crippen molar-refractivity contribution in [1.29, 1.82) is 0 Å². The highest BCUT2D eigenvalue weighted by Crippen LogP contribution is 2.44. The molecule has 2 rings (SSSR count). The van der Waals surface area contributed by atoms with E-state index >= 15 is 0 Å². The topological polar surface area (TPSA) is 64.3 Å². The van der Waals surface area contributed by atoms with E-state index in [1.807, 2.05) is 26.0 Å². The summed E-state index contributed by atoms with van der Waals surface area (Å²) in [4.78, 5) is 0. The Morgan fingerprint density at radius 2 is 2.08 bits per heavy atom. The van der Waals surface area contributed by atoms with Gasteiger partial charge in [0.15, 0.2) is 0 Å². The number of nitrogens with two attached hydrogens (primary N) is 1. The van der Waals surface area contributed by atoms with Crippen molar-refractivity contribution in [2.45, 2.75) is 43.8 Å². The van der Waals surface area contributed by atoms with Crippen molar-refractivity contribution < 1.29 is 8.95 Å². The van der Waals surface area contributed by atoms with Gasteiger partial charge in [0, 0.05) is 4.47 Å². The zero-order chi connectivity index (χ0) is 17.9. The number of piperidine rings is 1. The summed E-state index contributed by atoms with van der Waals surface area (Å²) in [6, 6.07) is 3.89. The lowest BCUT2D eigenvalue weighted by Crippen LogP contribution is -2.38. The predicted molar refractivity (Wildman–Crippen MR) is 105 cm³/mol. The van der Waals surface area contributed by atoms with Crippen LogP contribution in [0.15, 0.2) is 16.6 Å². The van der Waals surface area contributed by atoms with Crippen molar-refractivity contribution in [2.24, 2.45) is 11.1 Å². The van der Waals surface area contributed by atoms with Gasteiger partial charge in [0.1, 0.15) is 5.75 Å². The van der Waals surface area contributed by atoms with Crippen molar-refractivity contribution in [2.75, 3.05) is 20.2 Å². The molecule has 0 radical (unpaired) electrons. The van der Waals surface area contributed by atoms with Gasteiger partial charge in [-0.3, -0.25) is 5.14 Å². The minimum absolute atomic E-state index is 0.204. The van der Waals surface area contributed by atoms with Crippen LogP contribution in [-0.2, 0) is 11.0 Å². The summed E-state index contributed by atoms with van der Waals surface area (Å²) in [7, 11) is 0.280. The van der Waals surface area contributed by atoms with Crippen LogP contribution in [0.2, 0.25) is 5.02 Å². The largest absolute Gasteiger partial charge is 0.496 e. The van der Waals surface area contributed by atoms with E-state index < -0.39 is 15.7 Å². The minimum Gasteiger partial charge on any atom is -0.496 e. The van der Waals surface area contributed by atoms with E-state index in [2.05, 4.69) is 21.2 Å². The molecule has 0 aliphatic carbocycles. The van der Waals surface area contributed by atoms with E-state index in [1.54, 1.807) is 7.11 Å². The quantitative estimate of drug-likeness (QED) is 0.707. The second-order valence-electron chi connectivity index (χ2n) is 6.96. The van der Waals surface area contributed by atoms with Crippen LogP contribution in [0.1, 0.15) is 44.6 Å². The zero-order valence-corrected chi connectivity index (χ0v) is 17.6. The Morgan fingerprint density at radius 3 is 2.62 bits per heavy atom. The number of halogens is 2. The lowest BCUT2D eigenvalue weighted by Gasteiger charge is -2.36. The molecule has 1 saturated heterocycles. The first kappa shape index (κ1) is 20.2. The van der Waals surface area contributed by atoms with Crippen molar-refractivity contribution in [3.8, 4) is 5.75 Å². The summed E-state index contributed by atoms with van der Waals surface area (Å²) < 4.78 is 18.0. The fourth-order valence-corrected chi connectivity index (χ4v) is 4.24. The van der Waals surface area contributed by atoms with Crippen molar-refractivity contribution >= 4 is 38.5 Å². The highest BCUT2D eigenvalue weighted by molar-refractivity contribution is 9.10. The van der Waals surface area contributed by atoms with Crippen LogP contribution in [0.25, 0.3) is 0 Å².